The number of aromatic amines is 1. The number of aryl methyl sites for hydroxylation is 1. The first-order valence-corrected chi connectivity index (χ1v) is 21.4. The van der Waals surface area contributed by atoms with Crippen molar-refractivity contribution in [2.75, 3.05) is 0 Å². The number of aromatic nitrogens is 3. The van der Waals surface area contributed by atoms with E-state index < -0.39 is 0 Å². The van der Waals surface area contributed by atoms with Crippen LogP contribution in [0, 0.1) is 29.6 Å². The molecule has 3 aromatic heterocycles. The number of rotatable bonds is 10. The summed E-state index contributed by atoms with van der Waals surface area (Å²) in [7, 11) is 2.12. The Morgan fingerprint density at radius 2 is 0.912 bits per heavy atom. The highest BCUT2D eigenvalue weighted by molar-refractivity contribution is 5.84. The minimum atomic E-state index is 0.704. The van der Waals surface area contributed by atoms with E-state index in [-0.39, 0.29) is 0 Å². The van der Waals surface area contributed by atoms with Crippen molar-refractivity contribution in [3.05, 3.63) is 174 Å². The van der Waals surface area contributed by atoms with E-state index in [4.69, 9.17) is 0 Å². The van der Waals surface area contributed by atoms with Gasteiger partial charge >= 0.3 is 0 Å². The van der Waals surface area contributed by atoms with Crippen LogP contribution in [0.3, 0.4) is 0 Å². The zero-order chi connectivity index (χ0) is 41.6. The molecule has 0 bridgehead atoms. The molecular formula is C54H73N3. The lowest BCUT2D eigenvalue weighted by Crippen LogP contribution is -1.95. The number of hydrogen-bond donors (Lipinski definition) is 1. The summed E-state index contributed by atoms with van der Waals surface area (Å²) in [6.45, 7) is 22.4. The van der Waals surface area contributed by atoms with E-state index in [0.29, 0.717) is 5.92 Å². The molecule has 0 spiro atoms. The molecule has 0 aliphatic heterocycles. The average molecular weight is 764 g/mol. The Morgan fingerprint density at radius 3 is 1.42 bits per heavy atom. The molecule has 0 aliphatic rings. The Morgan fingerprint density at radius 1 is 0.456 bits per heavy atom. The summed E-state index contributed by atoms with van der Waals surface area (Å²) in [5.74, 6) is 3.68. The molecule has 57 heavy (non-hydrogen) atoms. The third-order valence-electron chi connectivity index (χ3n) is 9.23. The molecule has 0 amide bonds. The van der Waals surface area contributed by atoms with Gasteiger partial charge in [-0.1, -0.05) is 172 Å². The molecule has 3 nitrogen and oxygen atoms in total. The minimum Gasteiger partial charge on any atom is -0.361 e. The molecule has 0 fully saturated rings. The summed E-state index contributed by atoms with van der Waals surface area (Å²) in [6.07, 6.45) is 12.0. The lowest BCUT2D eigenvalue weighted by atomic mass is 10.0. The molecule has 3 heteroatoms. The van der Waals surface area contributed by atoms with E-state index in [9.17, 15) is 0 Å². The van der Waals surface area contributed by atoms with Crippen LogP contribution in [0.5, 0.6) is 0 Å². The maximum absolute atomic E-state index is 4.22. The monoisotopic (exact) mass is 764 g/mol. The number of para-hydroxylation sites is 2. The minimum absolute atomic E-state index is 0.704. The molecule has 304 valence electrons. The summed E-state index contributed by atoms with van der Waals surface area (Å²) >= 11 is 0. The molecule has 4 aromatic carbocycles. The summed E-state index contributed by atoms with van der Waals surface area (Å²) < 4.78 is 2.22. The molecule has 3 heterocycles. The molecule has 0 saturated heterocycles. The number of nitrogens with zero attached hydrogens (tertiary/aromatic N) is 2. The van der Waals surface area contributed by atoms with Gasteiger partial charge in [-0.3, -0.25) is 4.98 Å². The SMILES string of the molecule is CC(C)Cc1c[nH]c2ccccc12.CC(C)Cc1ccccc1.CC(C)Cc1ccccc1.CC(C)Cc1ccccn1.CC(C)Cc1cn(C)c2ccccc12. The van der Waals surface area contributed by atoms with Gasteiger partial charge in [-0.25, -0.2) is 0 Å². The van der Waals surface area contributed by atoms with Gasteiger partial charge in [0.15, 0.2) is 0 Å². The fourth-order valence-corrected chi connectivity index (χ4v) is 6.88. The van der Waals surface area contributed by atoms with Gasteiger partial charge in [-0.15, -0.1) is 0 Å². The van der Waals surface area contributed by atoms with Crippen LogP contribution in [0.1, 0.15) is 97.2 Å². The third-order valence-corrected chi connectivity index (χ3v) is 9.23. The fourth-order valence-electron chi connectivity index (χ4n) is 6.88. The lowest BCUT2D eigenvalue weighted by molar-refractivity contribution is 0.635. The molecule has 1 N–H and O–H groups in total. The Labute approximate surface area is 347 Å². The van der Waals surface area contributed by atoms with Crippen molar-refractivity contribution >= 4 is 21.8 Å². The molecule has 0 saturated carbocycles. The predicted octanol–water partition coefficient (Wildman–Crippen LogP) is 14.8. The zero-order valence-electron chi connectivity index (χ0n) is 37.2. The topological polar surface area (TPSA) is 33.6 Å². The quantitative estimate of drug-likeness (QED) is 0.148. The largest absolute Gasteiger partial charge is 0.361 e. The number of pyridine rings is 1. The Bertz CT molecular complexity index is 1940. The summed E-state index contributed by atoms with van der Waals surface area (Å²) in [5, 5.41) is 2.78. The average Bonchev–Trinajstić information content (AvgIpc) is 3.72. The zero-order valence-corrected chi connectivity index (χ0v) is 37.2. The molecule has 7 rings (SSSR count). The Balaban J connectivity index is 0.000000193. The molecule has 0 aliphatic carbocycles. The molecule has 0 radical (unpaired) electrons. The van der Waals surface area contributed by atoms with E-state index in [1.54, 1.807) is 0 Å². The highest BCUT2D eigenvalue weighted by atomic mass is 14.9. The van der Waals surface area contributed by atoms with Crippen LogP contribution < -0.4 is 0 Å². The van der Waals surface area contributed by atoms with Crippen molar-refractivity contribution < 1.29 is 0 Å². The van der Waals surface area contributed by atoms with Crippen LogP contribution in [-0.4, -0.2) is 14.5 Å². The van der Waals surface area contributed by atoms with Crippen molar-refractivity contribution in [3.8, 4) is 0 Å². The molecular weight excluding hydrogens is 691 g/mol. The Kier molecular flexibility index (Phi) is 20.7. The van der Waals surface area contributed by atoms with Crippen molar-refractivity contribution in [1.82, 2.24) is 14.5 Å². The van der Waals surface area contributed by atoms with Gasteiger partial charge < -0.3 is 9.55 Å². The first-order chi connectivity index (χ1) is 27.3. The van der Waals surface area contributed by atoms with Crippen molar-refractivity contribution in [2.24, 2.45) is 36.6 Å². The Hall–Kier alpha value is -4.89. The van der Waals surface area contributed by atoms with Crippen LogP contribution in [0.4, 0.5) is 0 Å². The number of H-pyrrole nitrogens is 1. The van der Waals surface area contributed by atoms with Gasteiger partial charge in [0.25, 0.3) is 0 Å². The van der Waals surface area contributed by atoms with E-state index in [2.05, 4.69) is 218 Å². The summed E-state index contributed by atoms with van der Waals surface area (Å²) in [6, 6.07) is 44.4. The number of fused-ring (bicyclic) bond motifs is 2. The lowest BCUT2D eigenvalue weighted by Gasteiger charge is -2.02. The van der Waals surface area contributed by atoms with Gasteiger partial charge in [0.05, 0.1) is 0 Å². The van der Waals surface area contributed by atoms with E-state index >= 15 is 0 Å². The maximum Gasteiger partial charge on any atom is 0.0480 e. The van der Waals surface area contributed by atoms with E-state index in [0.717, 1.165) is 36.5 Å². The second-order valence-electron chi connectivity index (χ2n) is 17.4. The summed E-state index contributed by atoms with van der Waals surface area (Å²) in [5.41, 5.74) is 9.57. The molecule has 7 aromatic rings. The van der Waals surface area contributed by atoms with Crippen LogP contribution in [0.25, 0.3) is 21.8 Å². The van der Waals surface area contributed by atoms with Gasteiger partial charge in [0.1, 0.15) is 0 Å². The van der Waals surface area contributed by atoms with E-state index in [1.807, 2.05) is 18.3 Å². The first kappa shape index (κ1) is 46.5. The predicted molar refractivity (Wildman–Crippen MR) is 251 cm³/mol. The second kappa shape index (κ2) is 25.4. The van der Waals surface area contributed by atoms with Gasteiger partial charge in [0.2, 0.25) is 0 Å². The third kappa shape index (κ3) is 18.3. The highest BCUT2D eigenvalue weighted by Gasteiger charge is 2.07. The smallest absolute Gasteiger partial charge is 0.0480 e. The molecule has 0 unspecified atom stereocenters. The molecule has 0 atom stereocenters. The van der Waals surface area contributed by atoms with Gasteiger partial charge in [-0.2, -0.15) is 0 Å². The van der Waals surface area contributed by atoms with Crippen molar-refractivity contribution in [3.63, 3.8) is 0 Å². The van der Waals surface area contributed by atoms with E-state index in [1.165, 1.54) is 69.0 Å². The van der Waals surface area contributed by atoms with Crippen LogP contribution in [-0.2, 0) is 39.2 Å². The highest BCUT2D eigenvalue weighted by Crippen LogP contribution is 2.23. The number of hydrogen-bond acceptors (Lipinski definition) is 1. The first-order valence-electron chi connectivity index (χ1n) is 21.4. The maximum atomic E-state index is 4.22. The van der Waals surface area contributed by atoms with Gasteiger partial charge in [0, 0.05) is 53.1 Å². The van der Waals surface area contributed by atoms with Gasteiger partial charge in [-0.05, 0) is 108 Å². The number of nitrogens with one attached hydrogen (secondary N) is 1. The van der Waals surface area contributed by atoms with Crippen molar-refractivity contribution in [1.29, 1.82) is 0 Å². The standard InChI is InChI=1S/C13H17N.C12H15N.2C10H14.C9H13N/c1-10(2)8-11-9-14(3)13-7-5-4-6-12(11)13;1-9(2)7-10-8-13-12-6-4-3-5-11(10)12;2*1-9(2)8-10-6-4-3-5-7-10;1-8(2)7-9-5-3-4-6-10-9/h4-7,9-10H,8H2,1-3H3;3-6,8-9,13H,7H2,1-2H3;2*3-7,9H,8H2,1-2H3;3-6,8H,7H2,1-2H3. The number of benzene rings is 4. The van der Waals surface area contributed by atoms with Crippen molar-refractivity contribution in [2.45, 2.75) is 101 Å². The van der Waals surface area contributed by atoms with Crippen LogP contribution >= 0.6 is 0 Å². The summed E-state index contributed by atoms with van der Waals surface area (Å²) in [4.78, 5) is 7.51. The normalized spacial score (nSPS) is 10.8. The fraction of sp³-hybridized carbons (Fsp3) is 0.389. The van der Waals surface area contributed by atoms with Crippen LogP contribution in [0.2, 0.25) is 0 Å². The second-order valence-corrected chi connectivity index (χ2v) is 17.4. The van der Waals surface area contributed by atoms with Crippen LogP contribution in [0.15, 0.2) is 146 Å².